The molecule has 1 aromatic heterocycles. The minimum Gasteiger partial charge on any atom is -0.478 e. The number of aryl methyl sites for hydroxylation is 3. The zero-order chi connectivity index (χ0) is 17.1. The minimum atomic E-state index is -1.03. The van der Waals surface area contributed by atoms with Crippen molar-refractivity contribution < 1.29 is 14.7 Å². The van der Waals surface area contributed by atoms with Gasteiger partial charge in [-0.3, -0.25) is 4.79 Å². The molecule has 0 saturated carbocycles. The molecular weight excluding hydrogens is 324 g/mol. The van der Waals surface area contributed by atoms with Gasteiger partial charge in [0.2, 0.25) is 0 Å². The van der Waals surface area contributed by atoms with Crippen LogP contribution in [0.2, 0.25) is 0 Å². The highest BCUT2D eigenvalue weighted by Gasteiger charge is 2.15. The van der Waals surface area contributed by atoms with Crippen LogP contribution in [-0.4, -0.2) is 28.5 Å². The number of aromatic nitrogens is 1. The van der Waals surface area contributed by atoms with Gasteiger partial charge in [-0.25, -0.2) is 9.78 Å². The standard InChI is InChI=1S/C18H20N2O3S/c1-11-8-12(10-13(9-11)18(22)23)17(21)19-7-6-16-20-14-4-2-3-5-15(14)24-16/h8-10H,2-7H2,1H3,(H,19,21)(H,22,23). The molecule has 5 nitrogen and oxygen atoms in total. The summed E-state index contributed by atoms with van der Waals surface area (Å²) in [5, 5.41) is 13.0. The maximum absolute atomic E-state index is 12.2. The van der Waals surface area contributed by atoms with Crippen LogP contribution in [0, 0.1) is 6.92 Å². The molecule has 6 heteroatoms. The van der Waals surface area contributed by atoms with Gasteiger partial charge in [-0.05, 0) is 56.4 Å². The van der Waals surface area contributed by atoms with Crippen LogP contribution in [0.1, 0.15) is 54.7 Å². The van der Waals surface area contributed by atoms with Crippen LogP contribution >= 0.6 is 11.3 Å². The maximum atomic E-state index is 12.2. The van der Waals surface area contributed by atoms with E-state index >= 15 is 0 Å². The third-order valence-electron chi connectivity index (χ3n) is 4.10. The smallest absolute Gasteiger partial charge is 0.335 e. The lowest BCUT2D eigenvalue weighted by molar-refractivity contribution is 0.0696. The number of hydrogen-bond donors (Lipinski definition) is 2. The number of rotatable bonds is 5. The Labute approximate surface area is 144 Å². The lowest BCUT2D eigenvalue weighted by atomic mass is 10.0. The van der Waals surface area contributed by atoms with Gasteiger partial charge in [-0.2, -0.15) is 0 Å². The van der Waals surface area contributed by atoms with Gasteiger partial charge in [0.1, 0.15) is 0 Å². The van der Waals surface area contributed by atoms with E-state index in [-0.39, 0.29) is 11.5 Å². The van der Waals surface area contributed by atoms with Crippen molar-refractivity contribution in [2.45, 2.75) is 39.0 Å². The molecule has 0 aliphatic heterocycles. The summed E-state index contributed by atoms with van der Waals surface area (Å²) in [6.07, 6.45) is 5.36. The molecule has 1 aliphatic rings. The molecule has 3 rings (SSSR count). The first kappa shape index (κ1) is 16.6. The van der Waals surface area contributed by atoms with Gasteiger partial charge >= 0.3 is 5.97 Å². The second kappa shape index (κ2) is 7.13. The van der Waals surface area contributed by atoms with Gasteiger partial charge in [-0.1, -0.05) is 0 Å². The van der Waals surface area contributed by atoms with Crippen LogP contribution in [-0.2, 0) is 19.3 Å². The number of benzene rings is 1. The molecule has 1 aliphatic carbocycles. The van der Waals surface area contributed by atoms with E-state index in [1.807, 2.05) is 0 Å². The van der Waals surface area contributed by atoms with E-state index in [9.17, 15) is 9.59 Å². The third-order valence-corrected chi connectivity index (χ3v) is 5.32. The number of hydrogen-bond acceptors (Lipinski definition) is 4. The highest BCUT2D eigenvalue weighted by Crippen LogP contribution is 2.26. The molecule has 0 unspecified atom stereocenters. The van der Waals surface area contributed by atoms with Gasteiger partial charge < -0.3 is 10.4 Å². The summed E-state index contributed by atoms with van der Waals surface area (Å²) >= 11 is 1.75. The Morgan fingerprint density at radius 2 is 1.96 bits per heavy atom. The summed E-state index contributed by atoms with van der Waals surface area (Å²) < 4.78 is 0. The summed E-state index contributed by atoms with van der Waals surface area (Å²) in [6, 6.07) is 4.66. The molecule has 0 atom stereocenters. The Morgan fingerprint density at radius 3 is 2.71 bits per heavy atom. The Hall–Kier alpha value is -2.21. The number of nitrogens with zero attached hydrogens (tertiary/aromatic N) is 1. The summed E-state index contributed by atoms with van der Waals surface area (Å²) in [6.45, 7) is 2.28. The second-order valence-electron chi connectivity index (χ2n) is 6.08. The van der Waals surface area contributed by atoms with Crippen molar-refractivity contribution in [3.8, 4) is 0 Å². The predicted octanol–water partition coefficient (Wildman–Crippen LogP) is 3.00. The monoisotopic (exact) mass is 344 g/mol. The van der Waals surface area contributed by atoms with E-state index in [4.69, 9.17) is 5.11 Å². The van der Waals surface area contributed by atoms with Gasteiger partial charge in [0.05, 0.1) is 16.3 Å². The number of carboxylic acids is 1. The number of thiazole rings is 1. The van der Waals surface area contributed by atoms with Crippen molar-refractivity contribution in [2.24, 2.45) is 0 Å². The Balaban J connectivity index is 1.59. The number of carbonyl (C=O) groups is 2. The average Bonchev–Trinajstić information content (AvgIpc) is 2.96. The summed E-state index contributed by atoms with van der Waals surface area (Å²) in [5.74, 6) is -1.27. The maximum Gasteiger partial charge on any atom is 0.335 e. The number of carbonyl (C=O) groups excluding carboxylic acids is 1. The molecule has 2 aromatic rings. The molecule has 126 valence electrons. The summed E-state index contributed by atoms with van der Waals surface area (Å²) in [5.41, 5.74) is 2.50. The van der Waals surface area contributed by atoms with Crippen LogP contribution in [0.25, 0.3) is 0 Å². The molecule has 0 bridgehead atoms. The first-order valence-corrected chi connectivity index (χ1v) is 8.95. The zero-order valence-electron chi connectivity index (χ0n) is 13.6. The topological polar surface area (TPSA) is 79.3 Å². The SMILES string of the molecule is Cc1cc(C(=O)O)cc(C(=O)NCCc2nc3c(s2)CCCC3)c1. The van der Waals surface area contributed by atoms with Crippen LogP contribution in [0.4, 0.5) is 0 Å². The molecule has 0 radical (unpaired) electrons. The van der Waals surface area contributed by atoms with E-state index in [0.29, 0.717) is 18.5 Å². The molecule has 0 saturated heterocycles. The summed E-state index contributed by atoms with van der Waals surface area (Å²) in [7, 11) is 0. The number of aromatic carboxylic acids is 1. The van der Waals surface area contributed by atoms with Gasteiger partial charge in [-0.15, -0.1) is 11.3 Å². The third kappa shape index (κ3) is 3.82. The van der Waals surface area contributed by atoms with Gasteiger partial charge in [0.15, 0.2) is 0 Å². The van der Waals surface area contributed by atoms with E-state index < -0.39 is 5.97 Å². The predicted molar refractivity (Wildman–Crippen MR) is 92.9 cm³/mol. The highest BCUT2D eigenvalue weighted by atomic mass is 32.1. The zero-order valence-corrected chi connectivity index (χ0v) is 14.4. The number of amides is 1. The molecule has 0 fully saturated rings. The first-order valence-electron chi connectivity index (χ1n) is 8.13. The lowest BCUT2D eigenvalue weighted by Gasteiger charge is -2.06. The molecule has 2 N–H and O–H groups in total. The molecule has 0 spiro atoms. The van der Waals surface area contributed by atoms with Crippen LogP contribution in [0.15, 0.2) is 18.2 Å². The van der Waals surface area contributed by atoms with Crippen LogP contribution < -0.4 is 5.32 Å². The van der Waals surface area contributed by atoms with Crippen molar-refractivity contribution in [2.75, 3.05) is 6.54 Å². The van der Waals surface area contributed by atoms with Gasteiger partial charge in [0, 0.05) is 23.4 Å². The van der Waals surface area contributed by atoms with Crippen molar-refractivity contribution in [3.05, 3.63) is 50.5 Å². The molecule has 1 aromatic carbocycles. The fourth-order valence-corrected chi connectivity index (χ4v) is 4.09. The van der Waals surface area contributed by atoms with Crippen molar-refractivity contribution >= 4 is 23.2 Å². The molecule has 24 heavy (non-hydrogen) atoms. The molecule has 1 amide bonds. The van der Waals surface area contributed by atoms with Crippen LogP contribution in [0.5, 0.6) is 0 Å². The van der Waals surface area contributed by atoms with Crippen molar-refractivity contribution in [1.82, 2.24) is 10.3 Å². The van der Waals surface area contributed by atoms with Crippen molar-refractivity contribution in [1.29, 1.82) is 0 Å². The van der Waals surface area contributed by atoms with E-state index in [1.165, 1.54) is 29.5 Å². The number of carboxylic acid groups (broad SMARTS) is 1. The largest absolute Gasteiger partial charge is 0.478 e. The quantitative estimate of drug-likeness (QED) is 0.874. The fourth-order valence-electron chi connectivity index (χ4n) is 2.94. The Bertz CT molecular complexity index is 759. The fraction of sp³-hybridized carbons (Fsp3) is 0.389. The highest BCUT2D eigenvalue weighted by molar-refractivity contribution is 7.11. The van der Waals surface area contributed by atoms with E-state index in [2.05, 4.69) is 10.3 Å². The summed E-state index contributed by atoms with van der Waals surface area (Å²) in [4.78, 5) is 29.4. The number of fused-ring (bicyclic) bond motifs is 1. The number of nitrogens with one attached hydrogen (secondary N) is 1. The second-order valence-corrected chi connectivity index (χ2v) is 7.25. The minimum absolute atomic E-state index is 0.132. The normalized spacial score (nSPS) is 13.4. The van der Waals surface area contributed by atoms with Crippen LogP contribution in [0.3, 0.4) is 0 Å². The van der Waals surface area contributed by atoms with E-state index in [1.54, 1.807) is 30.4 Å². The molecular formula is C18H20N2O3S. The Kier molecular flexibility index (Phi) is 4.94. The average molecular weight is 344 g/mol. The Morgan fingerprint density at radius 1 is 1.21 bits per heavy atom. The lowest BCUT2D eigenvalue weighted by Crippen LogP contribution is -2.26. The van der Waals surface area contributed by atoms with E-state index in [0.717, 1.165) is 23.4 Å². The van der Waals surface area contributed by atoms with Gasteiger partial charge in [0.25, 0.3) is 5.91 Å². The van der Waals surface area contributed by atoms with Crippen molar-refractivity contribution in [3.63, 3.8) is 0 Å². The molecule has 1 heterocycles. The first-order chi connectivity index (χ1) is 11.5.